The second-order valence-electron chi connectivity index (χ2n) is 5.60. The van der Waals surface area contributed by atoms with Gasteiger partial charge in [0.2, 0.25) is 5.78 Å². The van der Waals surface area contributed by atoms with E-state index < -0.39 is 0 Å². The molecule has 0 fully saturated rings. The van der Waals surface area contributed by atoms with Gasteiger partial charge in [-0.25, -0.2) is 0 Å². The molecule has 6 heteroatoms. The maximum Gasteiger partial charge on any atom is 0.208 e. The van der Waals surface area contributed by atoms with Crippen LogP contribution in [0.15, 0.2) is 41.4 Å². The van der Waals surface area contributed by atoms with Gasteiger partial charge in [-0.05, 0) is 42.0 Å². The fraction of sp³-hybridized carbons (Fsp3) is 0.211. The molecule has 0 aliphatic rings. The summed E-state index contributed by atoms with van der Waals surface area (Å²) in [5, 5.41) is 0.0588. The smallest absolute Gasteiger partial charge is 0.208 e. The first kappa shape index (κ1) is 18.7. The van der Waals surface area contributed by atoms with Gasteiger partial charge in [-0.3, -0.25) is 4.79 Å². The highest BCUT2D eigenvalue weighted by atomic mass is 35.5. The molecule has 25 heavy (non-hydrogen) atoms. The van der Waals surface area contributed by atoms with Crippen molar-refractivity contribution >= 4 is 34.8 Å². The molecule has 0 aromatic heterocycles. The van der Waals surface area contributed by atoms with E-state index in [2.05, 4.69) is 0 Å². The van der Waals surface area contributed by atoms with Crippen LogP contribution < -0.4 is 20.1 Å². The first-order chi connectivity index (χ1) is 11.9. The molecule has 0 radical (unpaired) electrons. The molecule has 5 nitrogen and oxygen atoms in total. The number of halogens is 1. The summed E-state index contributed by atoms with van der Waals surface area (Å²) in [4.78, 5) is 14.6. The maximum absolute atomic E-state index is 12.7. The van der Waals surface area contributed by atoms with Gasteiger partial charge in [0.15, 0.2) is 0 Å². The molecule has 0 atom stereocenters. The van der Waals surface area contributed by atoms with Crippen molar-refractivity contribution in [2.75, 3.05) is 38.9 Å². The third-order valence-electron chi connectivity index (χ3n) is 3.69. The van der Waals surface area contributed by atoms with E-state index in [1.807, 2.05) is 31.1 Å². The fourth-order valence-electron chi connectivity index (χ4n) is 2.40. The summed E-state index contributed by atoms with van der Waals surface area (Å²) < 4.78 is 10.4. The Bertz CT molecular complexity index is 816. The molecule has 132 valence electrons. The molecule has 0 saturated heterocycles. The van der Waals surface area contributed by atoms with Crippen LogP contribution >= 0.6 is 11.6 Å². The van der Waals surface area contributed by atoms with Gasteiger partial charge in [-0.15, -0.1) is 0 Å². The van der Waals surface area contributed by atoms with Crippen molar-refractivity contribution in [2.24, 2.45) is 0 Å². The lowest BCUT2D eigenvalue weighted by Gasteiger charge is -2.15. The number of allylic oxidation sites excluding steroid dienone is 1. The van der Waals surface area contributed by atoms with Crippen LogP contribution in [0.25, 0.3) is 6.08 Å². The van der Waals surface area contributed by atoms with E-state index in [9.17, 15) is 4.79 Å². The third kappa shape index (κ3) is 4.25. The van der Waals surface area contributed by atoms with Crippen molar-refractivity contribution in [1.29, 1.82) is 0 Å². The second kappa shape index (κ2) is 7.94. The van der Waals surface area contributed by atoms with Crippen LogP contribution in [-0.2, 0) is 0 Å². The number of benzene rings is 2. The topological polar surface area (TPSA) is 64.8 Å². The van der Waals surface area contributed by atoms with Gasteiger partial charge in [0.25, 0.3) is 0 Å². The molecule has 2 rings (SSSR count). The number of Topliss-reactive ketones (excluding diaryl/α,β-unsaturated/α-hetero) is 1. The number of hydrogen-bond donors (Lipinski definition) is 1. The van der Waals surface area contributed by atoms with Gasteiger partial charge >= 0.3 is 0 Å². The number of ether oxygens (including phenoxy) is 2. The summed E-state index contributed by atoms with van der Waals surface area (Å²) in [6.07, 6.45) is 1.58. The standard InChI is InChI=1S/C19H21ClN2O3/c1-22(2)17-7-5-12(10-16(17)21)9-15(20)19(23)14-11-13(24-3)6-8-18(14)25-4/h5-11H,21H2,1-4H3. The molecule has 0 unspecified atom stereocenters. The Labute approximate surface area is 152 Å². The highest BCUT2D eigenvalue weighted by Crippen LogP contribution is 2.29. The number of ketones is 1. The molecular formula is C19H21ClN2O3. The molecule has 0 bridgehead atoms. The van der Waals surface area contributed by atoms with Gasteiger partial charge in [0.05, 0.1) is 36.2 Å². The maximum atomic E-state index is 12.7. The van der Waals surface area contributed by atoms with Gasteiger partial charge in [0, 0.05) is 14.1 Å². The minimum atomic E-state index is -0.354. The summed E-state index contributed by atoms with van der Waals surface area (Å²) >= 11 is 6.24. The molecule has 0 spiro atoms. The molecule has 0 heterocycles. The van der Waals surface area contributed by atoms with Crippen molar-refractivity contribution in [3.05, 3.63) is 52.6 Å². The monoisotopic (exact) mass is 360 g/mol. The predicted octanol–water partition coefficient (Wildman–Crippen LogP) is 3.81. The van der Waals surface area contributed by atoms with Crippen molar-refractivity contribution in [2.45, 2.75) is 0 Å². The van der Waals surface area contributed by atoms with Crippen molar-refractivity contribution < 1.29 is 14.3 Å². The van der Waals surface area contributed by atoms with Crippen molar-refractivity contribution in [3.63, 3.8) is 0 Å². The van der Waals surface area contributed by atoms with E-state index in [-0.39, 0.29) is 10.8 Å². The van der Waals surface area contributed by atoms with Crippen molar-refractivity contribution in [3.8, 4) is 11.5 Å². The van der Waals surface area contributed by atoms with E-state index in [0.29, 0.717) is 22.7 Å². The van der Waals surface area contributed by atoms with Crippen LogP contribution in [0.4, 0.5) is 11.4 Å². The zero-order chi connectivity index (χ0) is 18.6. The normalized spacial score (nSPS) is 11.2. The lowest BCUT2D eigenvalue weighted by molar-refractivity contribution is 0.104. The number of methoxy groups -OCH3 is 2. The number of nitrogens with zero attached hydrogens (tertiary/aromatic N) is 1. The molecule has 0 amide bonds. The predicted molar refractivity (Wildman–Crippen MR) is 103 cm³/mol. The lowest BCUT2D eigenvalue weighted by atomic mass is 10.1. The molecule has 0 saturated carbocycles. The Balaban J connectivity index is 2.37. The Morgan fingerprint density at radius 2 is 1.84 bits per heavy atom. The average Bonchev–Trinajstić information content (AvgIpc) is 2.60. The number of hydrogen-bond acceptors (Lipinski definition) is 5. The first-order valence-corrected chi connectivity index (χ1v) is 7.96. The molecule has 2 aromatic rings. The summed E-state index contributed by atoms with van der Waals surface area (Å²) in [6.45, 7) is 0. The van der Waals surface area contributed by atoms with Crippen LogP contribution in [-0.4, -0.2) is 34.1 Å². The summed E-state index contributed by atoms with van der Waals surface area (Å²) in [5.41, 5.74) is 8.61. The van der Waals surface area contributed by atoms with Crippen LogP contribution in [0.5, 0.6) is 11.5 Å². The Hall–Kier alpha value is -2.66. The lowest BCUT2D eigenvalue weighted by Crippen LogP contribution is -2.11. The molecule has 2 N–H and O–H groups in total. The molecule has 2 aromatic carbocycles. The fourth-order valence-corrected chi connectivity index (χ4v) is 2.63. The number of rotatable bonds is 6. The van der Waals surface area contributed by atoms with Gasteiger partial charge in [-0.1, -0.05) is 17.7 Å². The molecule has 0 aliphatic carbocycles. The zero-order valence-corrected chi connectivity index (χ0v) is 15.4. The Kier molecular flexibility index (Phi) is 5.93. The number of nitrogens with two attached hydrogens (primary N) is 1. The number of anilines is 2. The van der Waals surface area contributed by atoms with Crippen LogP contribution in [0, 0.1) is 0 Å². The van der Waals surface area contributed by atoms with Crippen LogP contribution in [0.1, 0.15) is 15.9 Å². The van der Waals surface area contributed by atoms with E-state index >= 15 is 0 Å². The van der Waals surface area contributed by atoms with Gasteiger partial charge < -0.3 is 20.1 Å². The zero-order valence-electron chi connectivity index (χ0n) is 14.7. The Morgan fingerprint density at radius 1 is 1.12 bits per heavy atom. The average molecular weight is 361 g/mol. The van der Waals surface area contributed by atoms with E-state index in [1.165, 1.54) is 14.2 Å². The quantitative estimate of drug-likeness (QED) is 0.482. The van der Waals surface area contributed by atoms with E-state index in [4.69, 9.17) is 26.8 Å². The van der Waals surface area contributed by atoms with Crippen LogP contribution in [0.3, 0.4) is 0 Å². The Morgan fingerprint density at radius 3 is 2.40 bits per heavy atom. The van der Waals surface area contributed by atoms with Crippen molar-refractivity contribution in [1.82, 2.24) is 0 Å². The van der Waals surface area contributed by atoms with Crippen LogP contribution in [0.2, 0.25) is 0 Å². The number of carbonyl (C=O) groups is 1. The first-order valence-electron chi connectivity index (χ1n) is 7.58. The second-order valence-corrected chi connectivity index (χ2v) is 6.01. The van der Waals surface area contributed by atoms with E-state index in [0.717, 1.165) is 11.3 Å². The summed E-state index contributed by atoms with van der Waals surface area (Å²) in [5.74, 6) is 0.626. The van der Waals surface area contributed by atoms with E-state index in [1.54, 1.807) is 30.3 Å². The number of carbonyl (C=O) groups excluding carboxylic acids is 1. The molecular weight excluding hydrogens is 340 g/mol. The SMILES string of the molecule is COc1ccc(OC)c(C(=O)C(Cl)=Cc2ccc(N(C)C)c(N)c2)c1. The summed E-state index contributed by atoms with van der Waals surface area (Å²) in [7, 11) is 6.85. The highest BCUT2D eigenvalue weighted by Gasteiger charge is 2.17. The van der Waals surface area contributed by atoms with Gasteiger partial charge in [-0.2, -0.15) is 0 Å². The largest absolute Gasteiger partial charge is 0.497 e. The van der Waals surface area contributed by atoms with Gasteiger partial charge in [0.1, 0.15) is 11.5 Å². The highest BCUT2D eigenvalue weighted by molar-refractivity contribution is 6.47. The molecule has 0 aliphatic heterocycles. The number of nitrogen functional groups attached to an aromatic ring is 1. The minimum absolute atomic E-state index is 0.0588. The minimum Gasteiger partial charge on any atom is -0.497 e. The summed E-state index contributed by atoms with van der Waals surface area (Å²) in [6, 6.07) is 10.5. The third-order valence-corrected chi connectivity index (χ3v) is 3.98.